The molecule has 16 heavy (non-hydrogen) atoms. The molecule has 0 N–H and O–H groups in total. The molecule has 1 aromatic rings. The summed E-state index contributed by atoms with van der Waals surface area (Å²) in [5.41, 5.74) is 1.48. The Kier molecular flexibility index (Phi) is 3.62. The first kappa shape index (κ1) is 11.6. The van der Waals surface area contributed by atoms with Crippen LogP contribution in [0, 0.1) is 0 Å². The van der Waals surface area contributed by atoms with Gasteiger partial charge in [-0.15, -0.1) is 0 Å². The Morgan fingerprint density at radius 2 is 1.88 bits per heavy atom. The molecule has 0 saturated carbocycles. The quantitative estimate of drug-likeness (QED) is 0.749. The number of rotatable bonds is 2. The van der Waals surface area contributed by atoms with Crippen molar-refractivity contribution in [3.05, 3.63) is 35.9 Å². The monoisotopic (exact) mass is 218 g/mol. The van der Waals surface area contributed by atoms with E-state index in [1.807, 2.05) is 0 Å². The Labute approximate surface area is 98.9 Å². The fraction of sp³-hybridized carbons (Fsp3) is 0.571. The van der Waals surface area contributed by atoms with Crippen LogP contribution in [0.5, 0.6) is 0 Å². The highest BCUT2D eigenvalue weighted by molar-refractivity contribution is 5.22. The third-order valence-electron chi connectivity index (χ3n) is 3.67. The van der Waals surface area contributed by atoms with Crippen LogP contribution in [0.15, 0.2) is 30.3 Å². The summed E-state index contributed by atoms with van der Waals surface area (Å²) in [6.45, 7) is 2.39. The van der Waals surface area contributed by atoms with E-state index >= 15 is 0 Å². The zero-order valence-electron chi connectivity index (χ0n) is 10.6. The smallest absolute Gasteiger partial charge is 0.0182 e. The maximum Gasteiger partial charge on any atom is 0.0182 e. The lowest BCUT2D eigenvalue weighted by atomic mass is 9.85. The van der Waals surface area contributed by atoms with Gasteiger partial charge in [-0.05, 0) is 39.7 Å². The minimum absolute atomic E-state index is 0.648. The molecule has 2 rings (SSSR count). The van der Waals surface area contributed by atoms with E-state index in [4.69, 9.17) is 0 Å². The van der Waals surface area contributed by atoms with Gasteiger partial charge in [0.25, 0.3) is 0 Å². The fourth-order valence-corrected chi connectivity index (χ4v) is 2.75. The van der Waals surface area contributed by atoms with Crippen LogP contribution in [-0.2, 0) is 0 Å². The van der Waals surface area contributed by atoms with Crippen molar-refractivity contribution < 1.29 is 0 Å². The molecule has 1 aliphatic rings. The minimum atomic E-state index is 0.648. The average molecular weight is 218 g/mol. The highest BCUT2D eigenvalue weighted by atomic mass is 15.2. The zero-order valence-corrected chi connectivity index (χ0v) is 10.6. The summed E-state index contributed by atoms with van der Waals surface area (Å²) in [7, 11) is 6.62. The first-order valence-corrected chi connectivity index (χ1v) is 6.08. The lowest BCUT2D eigenvalue weighted by Gasteiger charge is -2.40. The Balaban J connectivity index is 2.21. The predicted octanol–water partition coefficient (Wildman–Crippen LogP) is 2.04. The van der Waals surface area contributed by atoms with Gasteiger partial charge in [-0.25, -0.2) is 0 Å². The molecule has 0 aromatic heterocycles. The van der Waals surface area contributed by atoms with Gasteiger partial charge < -0.3 is 9.80 Å². The van der Waals surface area contributed by atoms with E-state index in [2.05, 4.69) is 61.3 Å². The van der Waals surface area contributed by atoms with Gasteiger partial charge >= 0.3 is 0 Å². The van der Waals surface area contributed by atoms with Gasteiger partial charge in [0.05, 0.1) is 0 Å². The Hall–Kier alpha value is -0.860. The van der Waals surface area contributed by atoms with E-state index < -0.39 is 0 Å². The average Bonchev–Trinajstić information content (AvgIpc) is 2.29. The summed E-state index contributed by atoms with van der Waals surface area (Å²) in [5.74, 6) is 0.648. The molecule has 0 amide bonds. The van der Waals surface area contributed by atoms with Crippen LogP contribution in [0.4, 0.5) is 0 Å². The van der Waals surface area contributed by atoms with Crippen LogP contribution < -0.4 is 0 Å². The van der Waals surface area contributed by atoms with Gasteiger partial charge in [-0.2, -0.15) is 0 Å². The van der Waals surface area contributed by atoms with Crippen LogP contribution in [0.2, 0.25) is 0 Å². The zero-order chi connectivity index (χ0) is 11.5. The Morgan fingerprint density at radius 3 is 2.50 bits per heavy atom. The molecule has 88 valence electrons. The molecule has 1 heterocycles. The van der Waals surface area contributed by atoms with Crippen LogP contribution in [0.3, 0.4) is 0 Å². The summed E-state index contributed by atoms with van der Waals surface area (Å²) in [6, 6.07) is 11.6. The SMILES string of the molecule is CN1CC[C@H](N(C)C)[C@@H](c2ccccc2)C1. The molecule has 2 heteroatoms. The van der Waals surface area contributed by atoms with Gasteiger partial charge in [0, 0.05) is 18.5 Å². The van der Waals surface area contributed by atoms with Crippen LogP contribution in [0.1, 0.15) is 17.9 Å². The standard InChI is InChI=1S/C14H22N2/c1-15(2)14-9-10-16(3)11-13(14)12-7-5-4-6-8-12/h4-8,13-14H,9-11H2,1-3H3/t13-,14+/m1/s1. The van der Waals surface area contributed by atoms with Crippen LogP contribution in [-0.4, -0.2) is 50.1 Å². The summed E-state index contributed by atoms with van der Waals surface area (Å²) in [4.78, 5) is 4.82. The predicted molar refractivity (Wildman–Crippen MR) is 68.8 cm³/mol. The normalized spacial score (nSPS) is 27.2. The lowest BCUT2D eigenvalue weighted by Crippen LogP contribution is -2.46. The number of nitrogens with zero attached hydrogens (tertiary/aromatic N) is 2. The molecule has 0 radical (unpaired) electrons. The molecular formula is C14H22N2. The van der Waals surface area contributed by atoms with Crippen molar-refractivity contribution in [1.82, 2.24) is 9.80 Å². The van der Waals surface area contributed by atoms with Crippen molar-refractivity contribution in [2.45, 2.75) is 18.4 Å². The van der Waals surface area contributed by atoms with Gasteiger partial charge in [0.2, 0.25) is 0 Å². The topological polar surface area (TPSA) is 6.48 Å². The summed E-state index contributed by atoms with van der Waals surface area (Å²) in [6.07, 6.45) is 1.27. The third-order valence-corrected chi connectivity index (χ3v) is 3.67. The van der Waals surface area contributed by atoms with E-state index in [9.17, 15) is 0 Å². The van der Waals surface area contributed by atoms with Gasteiger partial charge in [0.1, 0.15) is 0 Å². The van der Waals surface area contributed by atoms with Crippen molar-refractivity contribution in [3.63, 3.8) is 0 Å². The van der Waals surface area contributed by atoms with Gasteiger partial charge in [0.15, 0.2) is 0 Å². The summed E-state index contributed by atoms with van der Waals surface area (Å²) < 4.78 is 0. The molecule has 0 unspecified atom stereocenters. The maximum absolute atomic E-state index is 2.44. The third kappa shape index (κ3) is 2.45. The molecule has 1 saturated heterocycles. The van der Waals surface area contributed by atoms with E-state index in [1.165, 1.54) is 25.1 Å². The molecule has 1 aliphatic heterocycles. The molecule has 1 fully saturated rings. The van der Waals surface area contributed by atoms with E-state index in [-0.39, 0.29) is 0 Å². The van der Waals surface area contributed by atoms with Crippen molar-refractivity contribution in [2.75, 3.05) is 34.2 Å². The van der Waals surface area contributed by atoms with E-state index in [0.717, 1.165) is 0 Å². The van der Waals surface area contributed by atoms with Crippen molar-refractivity contribution >= 4 is 0 Å². The first-order chi connectivity index (χ1) is 7.68. The van der Waals surface area contributed by atoms with Gasteiger partial charge in [-0.3, -0.25) is 0 Å². The maximum atomic E-state index is 2.44. The summed E-state index contributed by atoms with van der Waals surface area (Å²) >= 11 is 0. The molecule has 2 atom stereocenters. The first-order valence-electron chi connectivity index (χ1n) is 6.08. The number of hydrogen-bond acceptors (Lipinski definition) is 2. The number of likely N-dealkylation sites (tertiary alicyclic amines) is 1. The fourth-order valence-electron chi connectivity index (χ4n) is 2.75. The summed E-state index contributed by atoms with van der Waals surface area (Å²) in [5, 5.41) is 0. The van der Waals surface area contributed by atoms with Crippen LogP contribution >= 0.6 is 0 Å². The molecule has 2 nitrogen and oxygen atoms in total. The molecule has 1 aromatic carbocycles. The van der Waals surface area contributed by atoms with Crippen molar-refractivity contribution in [1.29, 1.82) is 0 Å². The van der Waals surface area contributed by atoms with Crippen molar-refractivity contribution in [3.8, 4) is 0 Å². The highest BCUT2D eigenvalue weighted by Gasteiger charge is 2.29. The number of likely N-dealkylation sites (N-methyl/N-ethyl adjacent to an activating group) is 2. The second kappa shape index (κ2) is 4.98. The highest BCUT2D eigenvalue weighted by Crippen LogP contribution is 2.29. The molecular weight excluding hydrogens is 196 g/mol. The van der Waals surface area contributed by atoms with Crippen LogP contribution in [0.25, 0.3) is 0 Å². The second-order valence-electron chi connectivity index (χ2n) is 5.10. The van der Waals surface area contributed by atoms with E-state index in [1.54, 1.807) is 0 Å². The van der Waals surface area contributed by atoms with E-state index in [0.29, 0.717) is 12.0 Å². The van der Waals surface area contributed by atoms with Gasteiger partial charge in [-0.1, -0.05) is 30.3 Å². The molecule has 0 bridgehead atoms. The Bertz CT molecular complexity index is 321. The molecule has 0 spiro atoms. The second-order valence-corrected chi connectivity index (χ2v) is 5.10. The number of benzene rings is 1. The number of hydrogen-bond donors (Lipinski definition) is 0. The minimum Gasteiger partial charge on any atom is -0.306 e. The number of piperidine rings is 1. The Morgan fingerprint density at radius 1 is 1.19 bits per heavy atom. The largest absolute Gasteiger partial charge is 0.306 e. The van der Waals surface area contributed by atoms with Crippen molar-refractivity contribution in [2.24, 2.45) is 0 Å². The molecule has 0 aliphatic carbocycles. The lowest BCUT2D eigenvalue weighted by molar-refractivity contribution is 0.140.